The number of anilines is 1. The van der Waals surface area contributed by atoms with E-state index in [4.69, 9.17) is 4.74 Å². The molecule has 0 unspecified atom stereocenters. The van der Waals surface area contributed by atoms with E-state index in [1.807, 2.05) is 0 Å². The number of ether oxygens (including phenoxy) is 1. The van der Waals surface area contributed by atoms with Crippen molar-refractivity contribution in [1.82, 2.24) is 4.98 Å². The molecule has 1 N–H and O–H groups in total. The Hall–Kier alpha value is -2.12. The number of benzene rings is 2. The molecular weight excluding hydrogens is 380 g/mol. The van der Waals surface area contributed by atoms with Crippen molar-refractivity contribution in [2.24, 2.45) is 0 Å². The Kier molecular flexibility index (Phi) is 4.23. The third-order valence-electron chi connectivity index (χ3n) is 3.32. The standard InChI is InChI=1S/C16H13BrN2O3S/c1-22-15-9-8-14(13-3-2-10-18-16(13)15)19-23(20,21)12-6-4-11(17)5-7-12/h2-10,19H,1H3. The highest BCUT2D eigenvalue weighted by molar-refractivity contribution is 9.10. The first-order valence-corrected chi connectivity index (χ1v) is 8.99. The monoisotopic (exact) mass is 392 g/mol. The molecule has 0 saturated carbocycles. The first-order valence-electron chi connectivity index (χ1n) is 6.71. The van der Waals surface area contributed by atoms with Gasteiger partial charge in [0.2, 0.25) is 0 Å². The molecule has 0 aliphatic rings. The minimum absolute atomic E-state index is 0.188. The molecule has 2 aromatic carbocycles. The van der Waals surface area contributed by atoms with Crippen molar-refractivity contribution in [3.63, 3.8) is 0 Å². The predicted molar refractivity (Wildman–Crippen MR) is 93.2 cm³/mol. The molecule has 0 aliphatic heterocycles. The zero-order chi connectivity index (χ0) is 16.4. The van der Waals surface area contributed by atoms with Gasteiger partial charge in [-0.1, -0.05) is 15.9 Å². The number of halogens is 1. The summed E-state index contributed by atoms with van der Waals surface area (Å²) in [7, 11) is -2.13. The van der Waals surface area contributed by atoms with Crippen LogP contribution in [-0.2, 0) is 10.0 Å². The van der Waals surface area contributed by atoms with E-state index in [0.29, 0.717) is 22.3 Å². The zero-order valence-electron chi connectivity index (χ0n) is 12.2. The van der Waals surface area contributed by atoms with Crippen LogP contribution in [0.5, 0.6) is 5.75 Å². The van der Waals surface area contributed by atoms with Crippen LogP contribution in [0.4, 0.5) is 5.69 Å². The van der Waals surface area contributed by atoms with E-state index in [9.17, 15) is 8.42 Å². The highest BCUT2D eigenvalue weighted by Crippen LogP contribution is 2.31. The summed E-state index contributed by atoms with van der Waals surface area (Å²) in [5, 5.41) is 0.674. The summed E-state index contributed by atoms with van der Waals surface area (Å²) in [4.78, 5) is 4.45. The Labute approximate surface area is 142 Å². The Morgan fingerprint density at radius 2 is 1.83 bits per heavy atom. The summed E-state index contributed by atoms with van der Waals surface area (Å²) in [5.41, 5.74) is 1.06. The minimum Gasteiger partial charge on any atom is -0.494 e. The summed E-state index contributed by atoms with van der Waals surface area (Å²) >= 11 is 3.29. The SMILES string of the molecule is COc1ccc(NS(=O)(=O)c2ccc(Br)cc2)c2cccnc12. The third-order valence-corrected chi connectivity index (χ3v) is 5.23. The maximum Gasteiger partial charge on any atom is 0.261 e. The Morgan fingerprint density at radius 1 is 1.09 bits per heavy atom. The van der Waals surface area contributed by atoms with E-state index in [1.54, 1.807) is 49.7 Å². The van der Waals surface area contributed by atoms with Gasteiger partial charge in [0.1, 0.15) is 11.3 Å². The van der Waals surface area contributed by atoms with Gasteiger partial charge in [0.05, 0.1) is 17.7 Å². The number of pyridine rings is 1. The van der Waals surface area contributed by atoms with Gasteiger partial charge < -0.3 is 4.74 Å². The van der Waals surface area contributed by atoms with E-state index >= 15 is 0 Å². The molecule has 3 aromatic rings. The summed E-state index contributed by atoms with van der Waals surface area (Å²) in [6.45, 7) is 0. The molecule has 23 heavy (non-hydrogen) atoms. The fraction of sp³-hybridized carbons (Fsp3) is 0.0625. The Bertz CT molecular complexity index is 957. The molecule has 0 atom stereocenters. The van der Waals surface area contributed by atoms with Crippen molar-refractivity contribution < 1.29 is 13.2 Å². The zero-order valence-corrected chi connectivity index (χ0v) is 14.6. The van der Waals surface area contributed by atoms with Gasteiger partial charge in [-0.2, -0.15) is 0 Å². The van der Waals surface area contributed by atoms with Crippen LogP contribution < -0.4 is 9.46 Å². The lowest BCUT2D eigenvalue weighted by Crippen LogP contribution is -2.13. The number of nitrogens with one attached hydrogen (secondary N) is 1. The molecule has 3 rings (SSSR count). The minimum atomic E-state index is -3.68. The molecule has 7 heteroatoms. The normalized spacial score (nSPS) is 11.4. The number of sulfonamides is 1. The largest absolute Gasteiger partial charge is 0.494 e. The van der Waals surface area contributed by atoms with Gasteiger partial charge in [0, 0.05) is 16.1 Å². The third kappa shape index (κ3) is 3.16. The van der Waals surface area contributed by atoms with Crippen LogP contribution in [0.2, 0.25) is 0 Å². The average molecular weight is 393 g/mol. The lowest BCUT2D eigenvalue weighted by molar-refractivity contribution is 0.419. The second-order valence-corrected chi connectivity index (χ2v) is 7.37. The van der Waals surface area contributed by atoms with Gasteiger partial charge in [-0.05, 0) is 48.5 Å². The fourth-order valence-corrected chi connectivity index (χ4v) is 3.56. The van der Waals surface area contributed by atoms with Crippen LogP contribution in [-0.4, -0.2) is 20.5 Å². The van der Waals surface area contributed by atoms with Crippen LogP contribution in [0, 0.1) is 0 Å². The van der Waals surface area contributed by atoms with Gasteiger partial charge in [-0.15, -0.1) is 0 Å². The number of rotatable bonds is 4. The van der Waals surface area contributed by atoms with Crippen LogP contribution in [0.15, 0.2) is 64.1 Å². The van der Waals surface area contributed by atoms with Crippen LogP contribution >= 0.6 is 15.9 Å². The summed E-state index contributed by atoms with van der Waals surface area (Å²) in [6.07, 6.45) is 1.64. The number of hydrogen-bond acceptors (Lipinski definition) is 4. The van der Waals surface area contributed by atoms with Gasteiger partial charge in [0.15, 0.2) is 0 Å². The smallest absolute Gasteiger partial charge is 0.261 e. The van der Waals surface area contributed by atoms with Crippen molar-refractivity contribution in [2.45, 2.75) is 4.90 Å². The topological polar surface area (TPSA) is 68.3 Å². The van der Waals surface area contributed by atoms with Gasteiger partial charge >= 0.3 is 0 Å². The summed E-state index contributed by atoms with van der Waals surface area (Å²) < 4.78 is 33.8. The maximum atomic E-state index is 12.5. The van der Waals surface area contributed by atoms with E-state index in [0.717, 1.165) is 4.47 Å². The molecule has 1 heterocycles. The van der Waals surface area contributed by atoms with Crippen molar-refractivity contribution in [3.05, 3.63) is 59.2 Å². The lowest BCUT2D eigenvalue weighted by Gasteiger charge is -2.12. The van der Waals surface area contributed by atoms with Crippen molar-refractivity contribution in [2.75, 3.05) is 11.8 Å². The average Bonchev–Trinajstić information content (AvgIpc) is 2.55. The molecule has 1 aromatic heterocycles. The van der Waals surface area contributed by atoms with Crippen molar-refractivity contribution in [1.29, 1.82) is 0 Å². The molecule has 0 bridgehead atoms. The molecule has 0 spiro atoms. The molecule has 0 saturated heterocycles. The van der Waals surface area contributed by atoms with Crippen LogP contribution in [0.25, 0.3) is 10.9 Å². The molecule has 118 valence electrons. The Morgan fingerprint density at radius 3 is 2.52 bits per heavy atom. The highest BCUT2D eigenvalue weighted by Gasteiger charge is 2.16. The van der Waals surface area contributed by atoms with Gasteiger partial charge in [-0.3, -0.25) is 9.71 Å². The fourth-order valence-electron chi connectivity index (χ4n) is 2.22. The Balaban J connectivity index is 2.06. The van der Waals surface area contributed by atoms with Crippen molar-refractivity contribution in [3.8, 4) is 5.75 Å². The second-order valence-electron chi connectivity index (χ2n) is 4.77. The van der Waals surface area contributed by atoms with E-state index < -0.39 is 10.0 Å². The van der Waals surface area contributed by atoms with E-state index in [-0.39, 0.29) is 4.90 Å². The first-order chi connectivity index (χ1) is 11.0. The number of hydrogen-bond donors (Lipinski definition) is 1. The second kappa shape index (κ2) is 6.17. The summed E-state index contributed by atoms with van der Waals surface area (Å²) in [5.74, 6) is 0.590. The van der Waals surface area contributed by atoms with E-state index in [2.05, 4.69) is 25.6 Å². The molecule has 0 aliphatic carbocycles. The predicted octanol–water partition coefficient (Wildman–Crippen LogP) is 3.81. The summed E-state index contributed by atoms with van der Waals surface area (Å²) in [6, 6.07) is 13.3. The van der Waals surface area contributed by atoms with E-state index in [1.165, 1.54) is 12.1 Å². The molecule has 0 radical (unpaired) electrons. The highest BCUT2D eigenvalue weighted by atomic mass is 79.9. The number of fused-ring (bicyclic) bond motifs is 1. The molecule has 0 amide bonds. The van der Waals surface area contributed by atoms with Crippen molar-refractivity contribution >= 4 is 42.5 Å². The number of methoxy groups -OCH3 is 1. The number of aromatic nitrogens is 1. The van der Waals surface area contributed by atoms with Gasteiger partial charge in [-0.25, -0.2) is 8.42 Å². The van der Waals surface area contributed by atoms with Gasteiger partial charge in [0.25, 0.3) is 10.0 Å². The van der Waals surface area contributed by atoms with Crippen LogP contribution in [0.1, 0.15) is 0 Å². The molecular formula is C16H13BrN2O3S. The van der Waals surface area contributed by atoms with Crippen LogP contribution in [0.3, 0.4) is 0 Å². The lowest BCUT2D eigenvalue weighted by atomic mass is 10.2. The quantitative estimate of drug-likeness (QED) is 0.732. The number of nitrogens with zero attached hydrogens (tertiary/aromatic N) is 1. The first kappa shape index (κ1) is 15.8. The molecule has 0 fully saturated rings. The maximum absolute atomic E-state index is 12.5. The molecule has 5 nitrogen and oxygen atoms in total.